The summed E-state index contributed by atoms with van der Waals surface area (Å²) in [7, 11) is -3.54. The van der Waals surface area contributed by atoms with Crippen LogP contribution in [0.15, 0.2) is 23.1 Å². The summed E-state index contributed by atoms with van der Waals surface area (Å²) < 4.78 is 27.1. The lowest BCUT2D eigenvalue weighted by Crippen LogP contribution is -2.24. The molecule has 162 valence electrons. The second-order valence-electron chi connectivity index (χ2n) is 7.60. The lowest BCUT2D eigenvalue weighted by Gasteiger charge is -2.08. The van der Waals surface area contributed by atoms with Gasteiger partial charge in [-0.05, 0) is 24.6 Å². The van der Waals surface area contributed by atoms with Crippen molar-refractivity contribution in [2.24, 2.45) is 0 Å². The Morgan fingerprint density at radius 3 is 1.50 bits per heavy atom. The third-order valence-electron chi connectivity index (χ3n) is 4.97. The summed E-state index contributed by atoms with van der Waals surface area (Å²) in [5.74, 6) is 0. The number of halogens is 2. The third-order valence-corrected chi connectivity index (χ3v) is 6.85. The number of unbranched alkanes of at least 4 members (excludes halogenated alkanes) is 13. The molecule has 3 nitrogen and oxygen atoms in total. The van der Waals surface area contributed by atoms with Crippen LogP contribution in [0.3, 0.4) is 0 Å². The average molecular weight is 451 g/mol. The number of hydrogen-bond donors (Lipinski definition) is 1. The predicted octanol–water partition coefficient (Wildman–Crippen LogP) is 7.75. The van der Waals surface area contributed by atoms with Gasteiger partial charge >= 0.3 is 0 Å². The normalized spacial score (nSPS) is 11.8. The van der Waals surface area contributed by atoms with Gasteiger partial charge in [-0.25, -0.2) is 13.1 Å². The molecule has 1 aromatic rings. The Morgan fingerprint density at radius 2 is 1.07 bits per heavy atom. The van der Waals surface area contributed by atoms with Gasteiger partial charge < -0.3 is 0 Å². The van der Waals surface area contributed by atoms with E-state index in [1.807, 2.05) is 0 Å². The van der Waals surface area contributed by atoms with Gasteiger partial charge in [0.05, 0.1) is 4.90 Å². The second kappa shape index (κ2) is 15.5. The van der Waals surface area contributed by atoms with Crippen molar-refractivity contribution in [1.29, 1.82) is 0 Å². The molecule has 0 bridgehead atoms. The summed E-state index contributed by atoms with van der Waals surface area (Å²) in [6, 6.07) is 4.36. The summed E-state index contributed by atoms with van der Waals surface area (Å²) in [5.41, 5.74) is 0. The average Bonchev–Trinajstić information content (AvgIpc) is 2.64. The SMILES string of the molecule is CCCCCCCCCCCCCCCCNS(=O)(=O)c1cc(Cl)cc(Cl)c1. The molecule has 0 aliphatic rings. The minimum Gasteiger partial charge on any atom is -0.211 e. The second-order valence-corrected chi connectivity index (χ2v) is 10.2. The van der Waals surface area contributed by atoms with Crippen LogP contribution in [0.1, 0.15) is 96.8 Å². The number of hydrogen-bond acceptors (Lipinski definition) is 2. The van der Waals surface area contributed by atoms with Crippen LogP contribution in [0.4, 0.5) is 0 Å². The number of sulfonamides is 1. The van der Waals surface area contributed by atoms with Crippen LogP contribution in [0.25, 0.3) is 0 Å². The highest BCUT2D eigenvalue weighted by Crippen LogP contribution is 2.22. The molecular formula is C22H37Cl2NO2S. The zero-order valence-electron chi connectivity index (χ0n) is 17.3. The highest BCUT2D eigenvalue weighted by Gasteiger charge is 2.14. The van der Waals surface area contributed by atoms with E-state index in [-0.39, 0.29) is 4.90 Å². The van der Waals surface area contributed by atoms with Crippen molar-refractivity contribution in [3.63, 3.8) is 0 Å². The van der Waals surface area contributed by atoms with E-state index in [4.69, 9.17) is 23.2 Å². The van der Waals surface area contributed by atoms with Crippen molar-refractivity contribution in [3.8, 4) is 0 Å². The van der Waals surface area contributed by atoms with E-state index in [1.54, 1.807) is 0 Å². The Kier molecular flexibility index (Phi) is 14.3. The van der Waals surface area contributed by atoms with Crippen molar-refractivity contribution >= 4 is 33.2 Å². The summed E-state index contributed by atoms with van der Waals surface area (Å²) >= 11 is 11.8. The van der Waals surface area contributed by atoms with Crippen molar-refractivity contribution in [2.45, 2.75) is 102 Å². The minimum atomic E-state index is -3.54. The largest absolute Gasteiger partial charge is 0.240 e. The number of benzene rings is 1. The van der Waals surface area contributed by atoms with E-state index < -0.39 is 10.0 Å². The summed E-state index contributed by atoms with van der Waals surface area (Å²) in [6.07, 6.45) is 18.0. The van der Waals surface area contributed by atoms with Gasteiger partial charge in [0.25, 0.3) is 0 Å². The van der Waals surface area contributed by atoms with Gasteiger partial charge in [0.15, 0.2) is 0 Å². The molecule has 1 aromatic carbocycles. The molecule has 0 aliphatic heterocycles. The Balaban J connectivity index is 1.97. The number of nitrogens with one attached hydrogen (secondary N) is 1. The monoisotopic (exact) mass is 449 g/mol. The van der Waals surface area contributed by atoms with E-state index in [0.29, 0.717) is 16.6 Å². The first kappa shape index (κ1) is 25.7. The molecular weight excluding hydrogens is 413 g/mol. The van der Waals surface area contributed by atoms with Crippen LogP contribution < -0.4 is 4.72 Å². The van der Waals surface area contributed by atoms with Gasteiger partial charge in [0.1, 0.15) is 0 Å². The molecule has 0 aliphatic carbocycles. The predicted molar refractivity (Wildman–Crippen MR) is 122 cm³/mol. The quantitative estimate of drug-likeness (QED) is 0.247. The molecule has 0 radical (unpaired) electrons. The Morgan fingerprint density at radius 1 is 0.679 bits per heavy atom. The fourth-order valence-corrected chi connectivity index (χ4v) is 5.09. The zero-order valence-corrected chi connectivity index (χ0v) is 19.6. The van der Waals surface area contributed by atoms with Crippen molar-refractivity contribution in [2.75, 3.05) is 6.54 Å². The van der Waals surface area contributed by atoms with Gasteiger partial charge in [-0.1, -0.05) is 114 Å². The fourth-order valence-electron chi connectivity index (χ4n) is 3.29. The lowest BCUT2D eigenvalue weighted by atomic mass is 10.0. The summed E-state index contributed by atoms with van der Waals surface area (Å²) in [5, 5.41) is 0.647. The van der Waals surface area contributed by atoms with Crippen LogP contribution in [0.5, 0.6) is 0 Å². The van der Waals surface area contributed by atoms with Gasteiger partial charge in [0.2, 0.25) is 10.0 Å². The van der Waals surface area contributed by atoms with Crippen LogP contribution in [0, 0.1) is 0 Å². The molecule has 0 heterocycles. The maximum atomic E-state index is 12.2. The van der Waals surface area contributed by atoms with E-state index in [9.17, 15) is 8.42 Å². The highest BCUT2D eigenvalue weighted by atomic mass is 35.5. The molecule has 0 atom stereocenters. The Bertz CT molecular complexity index is 615. The van der Waals surface area contributed by atoms with E-state index >= 15 is 0 Å². The maximum absolute atomic E-state index is 12.2. The molecule has 6 heteroatoms. The number of rotatable bonds is 17. The Hall–Kier alpha value is -0.290. The first-order valence-corrected chi connectivity index (χ1v) is 13.2. The molecule has 28 heavy (non-hydrogen) atoms. The van der Waals surface area contributed by atoms with Gasteiger partial charge in [-0.3, -0.25) is 0 Å². The third kappa shape index (κ3) is 12.3. The summed E-state index contributed by atoms with van der Waals surface area (Å²) in [4.78, 5) is 0.121. The van der Waals surface area contributed by atoms with E-state index in [2.05, 4.69) is 11.6 Å². The van der Waals surface area contributed by atoms with Crippen LogP contribution in [-0.4, -0.2) is 15.0 Å². The van der Waals surface area contributed by atoms with Crippen LogP contribution in [-0.2, 0) is 10.0 Å². The van der Waals surface area contributed by atoms with E-state index in [1.165, 1.54) is 95.2 Å². The van der Waals surface area contributed by atoms with Gasteiger partial charge in [-0.15, -0.1) is 0 Å². The standard InChI is InChI=1S/C22H37Cl2NO2S/c1-2-3-4-5-6-7-8-9-10-11-12-13-14-15-16-25-28(26,27)22-18-20(23)17-21(24)19-22/h17-19,25H,2-16H2,1H3. The highest BCUT2D eigenvalue weighted by molar-refractivity contribution is 7.89. The van der Waals surface area contributed by atoms with E-state index in [0.717, 1.165) is 12.8 Å². The lowest BCUT2D eigenvalue weighted by molar-refractivity contribution is 0.533. The van der Waals surface area contributed by atoms with Crippen LogP contribution >= 0.6 is 23.2 Å². The molecule has 1 N–H and O–H groups in total. The van der Waals surface area contributed by atoms with Crippen molar-refractivity contribution in [1.82, 2.24) is 4.72 Å². The molecule has 0 saturated carbocycles. The van der Waals surface area contributed by atoms with Gasteiger partial charge in [0, 0.05) is 16.6 Å². The van der Waals surface area contributed by atoms with Crippen LogP contribution in [0.2, 0.25) is 10.0 Å². The van der Waals surface area contributed by atoms with Crippen molar-refractivity contribution < 1.29 is 8.42 Å². The molecule has 0 unspecified atom stereocenters. The zero-order chi connectivity index (χ0) is 20.7. The van der Waals surface area contributed by atoms with Crippen molar-refractivity contribution in [3.05, 3.63) is 28.2 Å². The van der Waals surface area contributed by atoms with Gasteiger partial charge in [-0.2, -0.15) is 0 Å². The first-order valence-electron chi connectivity index (χ1n) is 10.9. The molecule has 1 rings (SSSR count). The maximum Gasteiger partial charge on any atom is 0.240 e. The smallest absolute Gasteiger partial charge is 0.211 e. The fraction of sp³-hybridized carbons (Fsp3) is 0.727. The molecule has 0 fully saturated rings. The summed E-state index contributed by atoms with van der Waals surface area (Å²) in [6.45, 7) is 2.71. The molecule has 0 saturated heterocycles. The Labute approximate surface area is 182 Å². The molecule has 0 amide bonds. The first-order chi connectivity index (χ1) is 13.5. The minimum absolute atomic E-state index is 0.121. The molecule has 0 aromatic heterocycles. The molecule has 0 spiro atoms. The topological polar surface area (TPSA) is 46.2 Å².